The van der Waals surface area contributed by atoms with Gasteiger partial charge in [-0.25, -0.2) is 4.79 Å². The summed E-state index contributed by atoms with van der Waals surface area (Å²) < 4.78 is 0. The average Bonchev–Trinajstić information content (AvgIpc) is 2.16. The summed E-state index contributed by atoms with van der Waals surface area (Å²) in [4.78, 5) is 13.1. The summed E-state index contributed by atoms with van der Waals surface area (Å²) in [6.45, 7) is 3.65. The van der Waals surface area contributed by atoms with Crippen molar-refractivity contribution in [3.8, 4) is 0 Å². The third kappa shape index (κ3) is 1.88. The number of aliphatic carboxylic acids is 1. The minimum atomic E-state index is -0.967. The van der Waals surface area contributed by atoms with Gasteiger partial charge in [0.25, 0.3) is 0 Å². The first-order valence-corrected chi connectivity index (χ1v) is 4.87. The highest BCUT2D eigenvalue weighted by Crippen LogP contribution is 2.28. The van der Waals surface area contributed by atoms with Gasteiger partial charge in [0.15, 0.2) is 0 Å². The molecule has 0 fully saturated rings. The van der Waals surface area contributed by atoms with E-state index < -0.39 is 11.5 Å². The summed E-state index contributed by atoms with van der Waals surface area (Å²) in [5.74, 6) is -0.832. The smallest absolute Gasteiger partial charge is 0.328 e. The van der Waals surface area contributed by atoms with Gasteiger partial charge in [-0.3, -0.25) is 4.90 Å². The van der Waals surface area contributed by atoms with Crippen LogP contribution < -0.4 is 0 Å². The van der Waals surface area contributed by atoms with Gasteiger partial charge in [0.05, 0.1) is 0 Å². The maximum Gasteiger partial charge on any atom is 0.328 e. The molecule has 15 heavy (non-hydrogen) atoms. The zero-order chi connectivity index (χ0) is 11.6. The molecule has 0 spiro atoms. The molecule has 0 aliphatic rings. The lowest BCUT2D eigenvalue weighted by molar-refractivity contribution is -0.149. The average molecular weight is 207 g/mol. The fourth-order valence-electron chi connectivity index (χ4n) is 1.67. The van der Waals surface area contributed by atoms with E-state index >= 15 is 0 Å². The Morgan fingerprint density at radius 1 is 1.33 bits per heavy atom. The number of likely N-dealkylation sites (N-methyl/N-ethyl adjacent to an activating group) is 1. The highest BCUT2D eigenvalue weighted by Gasteiger charge is 2.38. The minimum absolute atomic E-state index is 0.832. The number of hydrogen-bond acceptors (Lipinski definition) is 2. The maximum atomic E-state index is 11.4. The standard InChI is InChI=1S/C12H17NO2/c1-9-7-5-6-8-10(9)12(2,11(14)15)13(3)4/h5-8H,1-4H3,(H,14,15)/t12-/m0/s1. The van der Waals surface area contributed by atoms with E-state index in [1.54, 1.807) is 25.9 Å². The highest BCUT2D eigenvalue weighted by molar-refractivity contribution is 5.80. The van der Waals surface area contributed by atoms with E-state index in [0.717, 1.165) is 11.1 Å². The quantitative estimate of drug-likeness (QED) is 0.822. The molecule has 0 saturated heterocycles. The zero-order valence-electron chi connectivity index (χ0n) is 9.61. The number of benzene rings is 1. The second kappa shape index (κ2) is 4.03. The third-order valence-corrected chi connectivity index (χ3v) is 2.98. The predicted molar refractivity (Wildman–Crippen MR) is 59.9 cm³/mol. The maximum absolute atomic E-state index is 11.4. The molecule has 0 heterocycles. The van der Waals surface area contributed by atoms with Gasteiger partial charge in [-0.1, -0.05) is 24.3 Å². The fourth-order valence-corrected chi connectivity index (χ4v) is 1.67. The summed E-state index contributed by atoms with van der Waals surface area (Å²) in [5.41, 5.74) is 0.865. The molecule has 0 aliphatic carbocycles. The molecule has 3 nitrogen and oxygen atoms in total. The molecule has 0 aliphatic heterocycles. The molecule has 0 unspecified atom stereocenters. The van der Waals surface area contributed by atoms with Crippen LogP contribution >= 0.6 is 0 Å². The first-order chi connectivity index (χ1) is 6.90. The van der Waals surface area contributed by atoms with Gasteiger partial charge in [0, 0.05) is 0 Å². The second-order valence-electron chi connectivity index (χ2n) is 4.09. The van der Waals surface area contributed by atoms with Crippen LogP contribution in [0.2, 0.25) is 0 Å². The van der Waals surface area contributed by atoms with Crippen molar-refractivity contribution in [3.63, 3.8) is 0 Å². The van der Waals surface area contributed by atoms with Crippen molar-refractivity contribution in [1.82, 2.24) is 4.90 Å². The fraction of sp³-hybridized carbons (Fsp3) is 0.417. The summed E-state index contributed by atoms with van der Waals surface area (Å²) in [5, 5.41) is 9.34. The van der Waals surface area contributed by atoms with Crippen LogP contribution in [0.15, 0.2) is 24.3 Å². The van der Waals surface area contributed by atoms with Crippen molar-refractivity contribution in [1.29, 1.82) is 0 Å². The van der Waals surface area contributed by atoms with Gasteiger partial charge in [-0.2, -0.15) is 0 Å². The normalized spacial score (nSPS) is 15.0. The number of rotatable bonds is 3. The Bertz CT molecular complexity index is 374. The number of hydrogen-bond donors (Lipinski definition) is 1. The van der Waals surface area contributed by atoms with E-state index in [1.165, 1.54) is 0 Å². The van der Waals surface area contributed by atoms with Gasteiger partial charge < -0.3 is 5.11 Å². The van der Waals surface area contributed by atoms with E-state index in [4.69, 9.17) is 0 Å². The Labute approximate surface area is 90.3 Å². The number of aryl methyl sites for hydroxylation is 1. The van der Waals surface area contributed by atoms with Crippen molar-refractivity contribution in [2.45, 2.75) is 19.4 Å². The van der Waals surface area contributed by atoms with Crippen molar-refractivity contribution in [2.75, 3.05) is 14.1 Å². The number of carboxylic acid groups (broad SMARTS) is 1. The van der Waals surface area contributed by atoms with Crippen molar-refractivity contribution in [2.24, 2.45) is 0 Å². The number of carboxylic acids is 1. The Hall–Kier alpha value is -1.35. The molecule has 1 atom stereocenters. The van der Waals surface area contributed by atoms with Gasteiger partial charge in [-0.15, -0.1) is 0 Å². The highest BCUT2D eigenvalue weighted by atomic mass is 16.4. The molecule has 3 heteroatoms. The Balaban J connectivity index is 3.34. The van der Waals surface area contributed by atoms with Crippen LogP contribution in [0, 0.1) is 6.92 Å². The summed E-state index contributed by atoms with van der Waals surface area (Å²) >= 11 is 0. The molecule has 0 saturated carbocycles. The van der Waals surface area contributed by atoms with Crippen molar-refractivity contribution < 1.29 is 9.90 Å². The topological polar surface area (TPSA) is 40.5 Å². The first kappa shape index (κ1) is 11.7. The van der Waals surface area contributed by atoms with Gasteiger partial charge >= 0.3 is 5.97 Å². The Morgan fingerprint density at radius 3 is 2.27 bits per heavy atom. The monoisotopic (exact) mass is 207 g/mol. The molecule has 82 valence electrons. The molecule has 1 N–H and O–H groups in total. The minimum Gasteiger partial charge on any atom is -0.480 e. The first-order valence-electron chi connectivity index (χ1n) is 4.87. The molecule has 0 radical (unpaired) electrons. The van der Waals surface area contributed by atoms with Gasteiger partial charge in [0.2, 0.25) is 0 Å². The largest absolute Gasteiger partial charge is 0.480 e. The Morgan fingerprint density at radius 2 is 1.87 bits per heavy atom. The molecule has 1 rings (SSSR count). The van der Waals surface area contributed by atoms with Crippen molar-refractivity contribution in [3.05, 3.63) is 35.4 Å². The second-order valence-corrected chi connectivity index (χ2v) is 4.09. The third-order valence-electron chi connectivity index (χ3n) is 2.98. The van der Waals surface area contributed by atoms with Gasteiger partial charge in [-0.05, 0) is 39.1 Å². The lowest BCUT2D eigenvalue weighted by Crippen LogP contribution is -2.46. The molecular weight excluding hydrogens is 190 g/mol. The summed E-state index contributed by atoms with van der Waals surface area (Å²) in [7, 11) is 3.56. The van der Waals surface area contributed by atoms with Crippen LogP contribution in [0.25, 0.3) is 0 Å². The van der Waals surface area contributed by atoms with E-state index in [1.807, 2.05) is 31.2 Å². The lowest BCUT2D eigenvalue weighted by atomic mass is 9.87. The van der Waals surface area contributed by atoms with Crippen LogP contribution in [0.5, 0.6) is 0 Å². The van der Waals surface area contributed by atoms with Crippen LogP contribution in [0.3, 0.4) is 0 Å². The van der Waals surface area contributed by atoms with Crippen LogP contribution in [-0.2, 0) is 10.3 Å². The Kier molecular flexibility index (Phi) is 3.15. The SMILES string of the molecule is Cc1ccccc1[C@@](C)(C(=O)O)N(C)C. The van der Waals surface area contributed by atoms with Crippen molar-refractivity contribution >= 4 is 5.97 Å². The van der Waals surface area contributed by atoms with E-state index in [-0.39, 0.29) is 0 Å². The number of carbonyl (C=O) groups is 1. The van der Waals surface area contributed by atoms with Crippen LogP contribution in [0.4, 0.5) is 0 Å². The van der Waals surface area contributed by atoms with E-state index in [2.05, 4.69) is 0 Å². The molecular formula is C12H17NO2. The lowest BCUT2D eigenvalue weighted by Gasteiger charge is -2.33. The zero-order valence-corrected chi connectivity index (χ0v) is 9.61. The van der Waals surface area contributed by atoms with Crippen LogP contribution in [-0.4, -0.2) is 30.1 Å². The molecule has 0 amide bonds. The molecule has 0 aromatic heterocycles. The van der Waals surface area contributed by atoms with Gasteiger partial charge in [0.1, 0.15) is 5.54 Å². The van der Waals surface area contributed by atoms with E-state index in [9.17, 15) is 9.90 Å². The molecule has 1 aromatic carbocycles. The molecule has 0 bridgehead atoms. The number of nitrogens with zero attached hydrogens (tertiary/aromatic N) is 1. The molecule has 1 aromatic rings. The predicted octanol–water partition coefficient (Wildman–Crippen LogP) is 1.86. The summed E-state index contributed by atoms with van der Waals surface area (Å²) in [6.07, 6.45) is 0. The van der Waals surface area contributed by atoms with Crippen LogP contribution in [0.1, 0.15) is 18.1 Å². The van der Waals surface area contributed by atoms with E-state index in [0.29, 0.717) is 0 Å². The summed E-state index contributed by atoms with van der Waals surface area (Å²) in [6, 6.07) is 7.58.